The first-order chi connectivity index (χ1) is 9.69. The van der Waals surface area contributed by atoms with Crippen LogP contribution in [0.4, 0.5) is 0 Å². The van der Waals surface area contributed by atoms with Gasteiger partial charge in [0.25, 0.3) is 0 Å². The molecule has 2 fully saturated rings. The molecule has 4 heteroatoms. The number of nitrogens with zero attached hydrogens (tertiary/aromatic N) is 1. The molecule has 108 valence electrons. The van der Waals surface area contributed by atoms with Crippen LogP contribution in [0, 0.1) is 0 Å². The molecule has 0 radical (unpaired) electrons. The molecule has 2 bridgehead atoms. The molecule has 3 aliphatic heterocycles. The quantitative estimate of drug-likeness (QED) is 0.902. The summed E-state index contributed by atoms with van der Waals surface area (Å²) in [6.45, 7) is 1.06. The van der Waals surface area contributed by atoms with Crippen molar-refractivity contribution in [3.63, 3.8) is 0 Å². The Hall–Kier alpha value is -0.580. The van der Waals surface area contributed by atoms with Gasteiger partial charge >= 0.3 is 0 Å². The Morgan fingerprint density at radius 2 is 2.00 bits per heavy atom. The first-order valence-electron chi connectivity index (χ1n) is 7.65. The van der Waals surface area contributed by atoms with Crippen molar-refractivity contribution >= 4 is 15.9 Å². The Kier molecular flexibility index (Phi) is 3.28. The van der Waals surface area contributed by atoms with Crippen LogP contribution in [0.15, 0.2) is 22.7 Å². The van der Waals surface area contributed by atoms with E-state index < -0.39 is 0 Å². The third-order valence-electron chi connectivity index (χ3n) is 5.10. The molecule has 0 spiro atoms. The molecule has 0 aromatic heterocycles. The third kappa shape index (κ3) is 2.28. The van der Waals surface area contributed by atoms with E-state index in [0.717, 1.165) is 23.2 Å². The molecule has 3 unspecified atom stereocenters. The zero-order valence-electron chi connectivity index (χ0n) is 11.6. The second kappa shape index (κ2) is 5.00. The van der Waals surface area contributed by atoms with Gasteiger partial charge in [0, 0.05) is 35.6 Å². The lowest BCUT2D eigenvalue weighted by Crippen LogP contribution is -2.50. The van der Waals surface area contributed by atoms with Crippen LogP contribution >= 0.6 is 15.9 Å². The zero-order valence-corrected chi connectivity index (χ0v) is 13.2. The summed E-state index contributed by atoms with van der Waals surface area (Å²) in [6.07, 6.45) is 6.34. The normalized spacial score (nSPS) is 35.9. The molecular weight excluding hydrogens is 316 g/mol. The molecule has 0 aliphatic carbocycles. The highest BCUT2D eigenvalue weighted by atomic mass is 79.9. The Morgan fingerprint density at radius 3 is 2.75 bits per heavy atom. The summed E-state index contributed by atoms with van der Waals surface area (Å²) in [5, 5.41) is 0. The summed E-state index contributed by atoms with van der Waals surface area (Å²) in [7, 11) is 0. The average molecular weight is 337 g/mol. The highest BCUT2D eigenvalue weighted by Gasteiger charge is 2.41. The van der Waals surface area contributed by atoms with Gasteiger partial charge in [-0.15, -0.1) is 0 Å². The van der Waals surface area contributed by atoms with E-state index in [-0.39, 0.29) is 0 Å². The predicted molar refractivity (Wildman–Crippen MR) is 83.0 cm³/mol. The minimum Gasteiger partial charge on any atom is -0.488 e. The Bertz CT molecular complexity index is 507. The Labute approximate surface area is 128 Å². The van der Waals surface area contributed by atoms with Crippen LogP contribution in [-0.4, -0.2) is 35.7 Å². The first-order valence-corrected chi connectivity index (χ1v) is 8.45. The summed E-state index contributed by atoms with van der Waals surface area (Å²) in [5.41, 5.74) is 7.49. The second-order valence-electron chi connectivity index (χ2n) is 6.51. The number of benzene rings is 1. The van der Waals surface area contributed by atoms with Crippen LogP contribution in [-0.2, 0) is 6.42 Å². The molecular formula is C16H21BrN2O. The molecule has 2 saturated heterocycles. The summed E-state index contributed by atoms with van der Waals surface area (Å²) in [4.78, 5) is 2.68. The van der Waals surface area contributed by atoms with Gasteiger partial charge in [-0.3, -0.25) is 4.90 Å². The first kappa shape index (κ1) is 13.1. The van der Waals surface area contributed by atoms with Crippen LogP contribution in [0.2, 0.25) is 0 Å². The van der Waals surface area contributed by atoms with Gasteiger partial charge in [0.15, 0.2) is 0 Å². The number of fused-ring (bicyclic) bond motifs is 3. The van der Waals surface area contributed by atoms with E-state index in [2.05, 4.69) is 39.0 Å². The fourth-order valence-corrected chi connectivity index (χ4v) is 4.65. The fourth-order valence-electron chi connectivity index (χ4n) is 4.24. The number of ether oxygens (including phenoxy) is 1. The highest BCUT2D eigenvalue weighted by Crippen LogP contribution is 2.37. The molecule has 20 heavy (non-hydrogen) atoms. The third-order valence-corrected chi connectivity index (χ3v) is 5.59. The largest absolute Gasteiger partial charge is 0.488 e. The van der Waals surface area contributed by atoms with Gasteiger partial charge in [0.1, 0.15) is 11.9 Å². The van der Waals surface area contributed by atoms with Gasteiger partial charge in [-0.25, -0.2) is 0 Å². The number of hydrogen-bond donors (Lipinski definition) is 1. The molecule has 1 aromatic carbocycles. The SMILES string of the molecule is NC1CC2CCC(C1)N2CC1Cc2cc(Br)ccc2O1. The lowest BCUT2D eigenvalue weighted by molar-refractivity contribution is 0.0772. The van der Waals surface area contributed by atoms with Crippen LogP contribution in [0.1, 0.15) is 31.2 Å². The lowest BCUT2D eigenvalue weighted by atomic mass is 9.97. The molecule has 3 aliphatic rings. The number of piperidine rings is 1. The minimum absolute atomic E-state index is 0.316. The zero-order chi connectivity index (χ0) is 13.7. The highest BCUT2D eigenvalue weighted by molar-refractivity contribution is 9.10. The second-order valence-corrected chi connectivity index (χ2v) is 7.42. The van der Waals surface area contributed by atoms with E-state index >= 15 is 0 Å². The molecule has 0 saturated carbocycles. The van der Waals surface area contributed by atoms with Crippen LogP contribution < -0.4 is 10.5 Å². The summed E-state index contributed by atoms with van der Waals surface area (Å²) in [6, 6.07) is 8.15. The smallest absolute Gasteiger partial charge is 0.123 e. The number of hydrogen-bond acceptors (Lipinski definition) is 3. The van der Waals surface area contributed by atoms with Crippen molar-refractivity contribution in [3.05, 3.63) is 28.2 Å². The maximum absolute atomic E-state index is 6.15. The monoisotopic (exact) mass is 336 g/mol. The van der Waals surface area contributed by atoms with Crippen LogP contribution in [0.25, 0.3) is 0 Å². The molecule has 1 aromatic rings. The fraction of sp³-hybridized carbons (Fsp3) is 0.625. The van der Waals surface area contributed by atoms with Crippen molar-refractivity contribution < 1.29 is 4.74 Å². The van der Waals surface area contributed by atoms with E-state index in [4.69, 9.17) is 10.5 Å². The van der Waals surface area contributed by atoms with Crippen molar-refractivity contribution in [2.24, 2.45) is 5.73 Å². The van der Waals surface area contributed by atoms with Crippen LogP contribution in [0.5, 0.6) is 5.75 Å². The Morgan fingerprint density at radius 1 is 1.25 bits per heavy atom. The molecule has 3 nitrogen and oxygen atoms in total. The molecule has 3 heterocycles. The van der Waals surface area contributed by atoms with E-state index in [1.165, 1.54) is 31.2 Å². The van der Waals surface area contributed by atoms with Crippen LogP contribution in [0.3, 0.4) is 0 Å². The molecule has 0 amide bonds. The minimum atomic E-state index is 0.316. The number of halogens is 1. The van der Waals surface area contributed by atoms with E-state index in [1.807, 2.05) is 0 Å². The van der Waals surface area contributed by atoms with Gasteiger partial charge in [-0.2, -0.15) is 0 Å². The van der Waals surface area contributed by atoms with Crippen molar-refractivity contribution in [2.75, 3.05) is 6.54 Å². The van der Waals surface area contributed by atoms with Gasteiger partial charge in [-0.1, -0.05) is 15.9 Å². The Balaban J connectivity index is 1.44. The van der Waals surface area contributed by atoms with Gasteiger partial charge in [-0.05, 0) is 49.4 Å². The van der Waals surface area contributed by atoms with E-state index in [0.29, 0.717) is 24.2 Å². The van der Waals surface area contributed by atoms with Gasteiger partial charge in [0.2, 0.25) is 0 Å². The van der Waals surface area contributed by atoms with Gasteiger partial charge in [0.05, 0.1) is 0 Å². The lowest BCUT2D eigenvalue weighted by Gasteiger charge is -2.38. The molecule has 4 rings (SSSR count). The average Bonchev–Trinajstić information content (AvgIpc) is 2.89. The summed E-state index contributed by atoms with van der Waals surface area (Å²) in [5.74, 6) is 1.07. The maximum atomic E-state index is 6.15. The van der Waals surface area contributed by atoms with Crippen molar-refractivity contribution in [1.82, 2.24) is 4.90 Å². The molecule has 3 atom stereocenters. The summed E-state index contributed by atoms with van der Waals surface area (Å²) < 4.78 is 7.27. The topological polar surface area (TPSA) is 38.5 Å². The maximum Gasteiger partial charge on any atom is 0.123 e. The van der Waals surface area contributed by atoms with Gasteiger partial charge < -0.3 is 10.5 Å². The van der Waals surface area contributed by atoms with E-state index in [1.54, 1.807) is 0 Å². The van der Waals surface area contributed by atoms with Crippen molar-refractivity contribution in [3.8, 4) is 5.75 Å². The standard InChI is InChI=1S/C16H21BrN2O/c17-11-1-4-16-10(5-11)6-15(20-16)9-19-13-2-3-14(19)8-12(18)7-13/h1,4-5,12-15H,2-3,6-9,18H2. The summed E-state index contributed by atoms with van der Waals surface area (Å²) >= 11 is 3.54. The number of nitrogens with two attached hydrogens (primary N) is 1. The van der Waals surface area contributed by atoms with Crippen molar-refractivity contribution in [1.29, 1.82) is 0 Å². The van der Waals surface area contributed by atoms with Crippen molar-refractivity contribution in [2.45, 2.75) is 56.3 Å². The predicted octanol–water partition coefficient (Wildman–Crippen LogP) is 2.71. The number of rotatable bonds is 2. The molecule has 2 N–H and O–H groups in total. The van der Waals surface area contributed by atoms with E-state index in [9.17, 15) is 0 Å².